The fourth-order valence-electron chi connectivity index (χ4n) is 7.61. The average Bonchev–Trinajstić information content (AvgIpc) is 3.14. The first kappa shape index (κ1) is 38.8. The van der Waals surface area contributed by atoms with Gasteiger partial charge in [-0.3, -0.25) is 24.0 Å². The zero-order valence-electron chi connectivity index (χ0n) is 31.1. The van der Waals surface area contributed by atoms with Gasteiger partial charge in [-0.1, -0.05) is 23.2 Å². The molecular formula is C38H48Cl2N8O5. The second-order valence-corrected chi connectivity index (χ2v) is 15.2. The number of amides is 1. The van der Waals surface area contributed by atoms with Crippen LogP contribution >= 0.6 is 23.2 Å². The minimum Gasteiger partial charge on any atom is -0.495 e. The van der Waals surface area contributed by atoms with Crippen LogP contribution in [0.3, 0.4) is 0 Å². The third-order valence-corrected chi connectivity index (χ3v) is 11.7. The van der Waals surface area contributed by atoms with Crippen LogP contribution in [-0.4, -0.2) is 120 Å². The van der Waals surface area contributed by atoms with Crippen LogP contribution in [0.2, 0.25) is 10.0 Å². The number of nitriles is 1. The van der Waals surface area contributed by atoms with Crippen LogP contribution < -0.4 is 20.3 Å². The van der Waals surface area contributed by atoms with Gasteiger partial charge in [-0.05, 0) is 57.6 Å². The zero-order chi connectivity index (χ0) is 37.9. The lowest BCUT2D eigenvalue weighted by molar-refractivity contribution is -0.128. The maximum Gasteiger partial charge on any atom is 0.264 e. The van der Waals surface area contributed by atoms with Gasteiger partial charge in [0, 0.05) is 81.6 Å². The minimum absolute atomic E-state index is 0.200. The highest BCUT2D eigenvalue weighted by Crippen LogP contribution is 2.45. The second kappa shape index (κ2) is 16.6. The smallest absolute Gasteiger partial charge is 0.264 e. The molecule has 2 aromatic heterocycles. The number of piperazine rings is 1. The Bertz CT molecular complexity index is 1930. The molecule has 0 unspecified atom stereocenters. The standard InChI is InChI=1S/C38H48Cl2N8O5/c1-38(2,47-15-13-45(14-16-47)27-22-53-23-27)19-26(20-41)35(49)46-11-8-24(9-12-46)7-6-10-48-34-25(21-43-37(42-3)44-34)17-28(36(48)50)31-32(39)29(51-4)18-30(52-5)33(31)40/h17-19,21,24,27H,6-16,22-23H2,1-5H3,(H,42,43,44). The van der Waals surface area contributed by atoms with Crippen molar-refractivity contribution in [1.29, 1.82) is 5.26 Å². The van der Waals surface area contributed by atoms with Crippen molar-refractivity contribution >= 4 is 46.1 Å². The molecule has 3 aliphatic heterocycles. The predicted octanol–water partition coefficient (Wildman–Crippen LogP) is 5.09. The number of hydrogen-bond acceptors (Lipinski definition) is 11. The number of methoxy groups -OCH3 is 2. The molecule has 1 N–H and O–H groups in total. The number of piperidine rings is 1. The number of nitrogens with one attached hydrogen (secondary N) is 1. The Labute approximate surface area is 320 Å². The number of nitrogens with zero attached hydrogens (tertiary/aromatic N) is 7. The maximum atomic E-state index is 14.2. The molecule has 3 saturated heterocycles. The number of pyridine rings is 1. The van der Waals surface area contributed by atoms with Crippen LogP contribution in [0, 0.1) is 17.2 Å². The molecule has 3 aliphatic rings. The number of aryl methyl sites for hydroxylation is 1. The number of anilines is 1. The molecule has 1 aromatic carbocycles. The third kappa shape index (κ3) is 8.12. The fraction of sp³-hybridized carbons (Fsp3) is 0.553. The molecule has 0 bridgehead atoms. The monoisotopic (exact) mass is 766 g/mol. The summed E-state index contributed by atoms with van der Waals surface area (Å²) in [4.78, 5) is 43.5. The van der Waals surface area contributed by atoms with Crippen LogP contribution in [0.25, 0.3) is 22.2 Å². The summed E-state index contributed by atoms with van der Waals surface area (Å²) < 4.78 is 17.9. The Morgan fingerprint density at radius 2 is 1.74 bits per heavy atom. The summed E-state index contributed by atoms with van der Waals surface area (Å²) in [7, 11) is 4.70. The number of likely N-dealkylation sites (tertiary alicyclic amines) is 1. The van der Waals surface area contributed by atoms with Crippen LogP contribution in [-0.2, 0) is 16.1 Å². The number of benzene rings is 1. The lowest BCUT2D eigenvalue weighted by Gasteiger charge is -2.46. The number of rotatable bonds is 12. The summed E-state index contributed by atoms with van der Waals surface area (Å²) in [6.07, 6.45) is 6.71. The van der Waals surface area contributed by atoms with Crippen LogP contribution in [0.4, 0.5) is 5.95 Å². The number of halogens is 2. The van der Waals surface area contributed by atoms with E-state index in [1.807, 2.05) is 11.0 Å². The quantitative estimate of drug-likeness (QED) is 0.195. The van der Waals surface area contributed by atoms with Gasteiger partial charge < -0.3 is 24.4 Å². The van der Waals surface area contributed by atoms with Crippen molar-refractivity contribution in [2.75, 3.05) is 79.1 Å². The summed E-state index contributed by atoms with van der Waals surface area (Å²) in [5, 5.41) is 14.1. The highest BCUT2D eigenvalue weighted by Gasteiger charge is 2.35. The summed E-state index contributed by atoms with van der Waals surface area (Å²) in [5.41, 5.74) is 0.574. The Kier molecular flexibility index (Phi) is 12.2. The average molecular weight is 768 g/mol. The maximum absolute atomic E-state index is 14.2. The van der Waals surface area contributed by atoms with E-state index in [0.29, 0.717) is 72.1 Å². The molecule has 0 atom stereocenters. The van der Waals surface area contributed by atoms with Crippen molar-refractivity contribution in [2.24, 2.45) is 5.92 Å². The largest absolute Gasteiger partial charge is 0.495 e. The Balaban J connectivity index is 1.12. The first-order valence-electron chi connectivity index (χ1n) is 18.2. The number of carbonyl (C=O) groups is 1. The SMILES string of the molecule is CNc1ncc2cc(-c3c(Cl)c(OC)cc(OC)c3Cl)c(=O)n(CCCC3CCN(C(=O)C(C#N)=CC(C)(C)N4CCN(C5COC5)CC4)CC3)c2n1. The summed E-state index contributed by atoms with van der Waals surface area (Å²) >= 11 is 13.5. The lowest BCUT2D eigenvalue weighted by Crippen LogP contribution is -2.59. The molecule has 0 spiro atoms. The molecular weight excluding hydrogens is 719 g/mol. The van der Waals surface area contributed by atoms with E-state index < -0.39 is 5.54 Å². The lowest BCUT2D eigenvalue weighted by atomic mass is 9.91. The van der Waals surface area contributed by atoms with Crippen molar-refractivity contribution in [2.45, 2.75) is 57.7 Å². The van der Waals surface area contributed by atoms with E-state index in [0.717, 1.165) is 58.7 Å². The van der Waals surface area contributed by atoms with Gasteiger partial charge in [-0.25, -0.2) is 4.98 Å². The molecule has 15 heteroatoms. The number of hydrogen-bond donors (Lipinski definition) is 1. The van der Waals surface area contributed by atoms with Crippen LogP contribution in [0.15, 0.2) is 34.8 Å². The number of ether oxygens (including phenoxy) is 3. The van der Waals surface area contributed by atoms with E-state index in [1.54, 1.807) is 29.9 Å². The van der Waals surface area contributed by atoms with E-state index in [4.69, 9.17) is 37.4 Å². The van der Waals surface area contributed by atoms with Crippen molar-refractivity contribution in [3.05, 3.63) is 50.4 Å². The van der Waals surface area contributed by atoms with Gasteiger partial charge in [0.05, 0.1) is 49.1 Å². The highest BCUT2D eigenvalue weighted by atomic mass is 35.5. The number of aromatic nitrogens is 3. The normalized spacial score (nSPS) is 18.2. The van der Waals surface area contributed by atoms with Gasteiger partial charge in [0.15, 0.2) is 0 Å². The molecule has 284 valence electrons. The van der Waals surface area contributed by atoms with Gasteiger partial charge >= 0.3 is 0 Å². The van der Waals surface area contributed by atoms with E-state index >= 15 is 0 Å². The van der Waals surface area contributed by atoms with Crippen LogP contribution in [0.1, 0.15) is 39.5 Å². The summed E-state index contributed by atoms with van der Waals surface area (Å²) in [5.74, 6) is 1.21. The van der Waals surface area contributed by atoms with Gasteiger partial charge in [-0.2, -0.15) is 10.2 Å². The molecule has 1 amide bonds. The molecule has 5 heterocycles. The van der Waals surface area contributed by atoms with E-state index in [2.05, 4.69) is 45.0 Å². The summed E-state index contributed by atoms with van der Waals surface area (Å²) in [6.45, 7) is 11.0. The second-order valence-electron chi connectivity index (χ2n) is 14.4. The number of carbonyl (C=O) groups excluding carboxylic acids is 1. The van der Waals surface area contributed by atoms with E-state index in [9.17, 15) is 14.9 Å². The predicted molar refractivity (Wildman–Crippen MR) is 206 cm³/mol. The molecule has 53 heavy (non-hydrogen) atoms. The molecule has 0 saturated carbocycles. The van der Waals surface area contributed by atoms with Gasteiger partial charge in [0.25, 0.3) is 11.5 Å². The molecule has 13 nitrogen and oxygen atoms in total. The number of fused-ring (bicyclic) bond motifs is 1. The molecule has 3 aromatic rings. The van der Waals surface area contributed by atoms with E-state index in [1.165, 1.54) is 14.2 Å². The van der Waals surface area contributed by atoms with Crippen molar-refractivity contribution < 1.29 is 19.0 Å². The Morgan fingerprint density at radius 1 is 1.08 bits per heavy atom. The first-order chi connectivity index (χ1) is 25.5. The highest BCUT2D eigenvalue weighted by molar-refractivity contribution is 6.41. The topological polar surface area (TPSA) is 138 Å². The van der Waals surface area contributed by atoms with Gasteiger partial charge in [-0.15, -0.1) is 0 Å². The van der Waals surface area contributed by atoms with Crippen molar-refractivity contribution in [3.63, 3.8) is 0 Å². The zero-order valence-corrected chi connectivity index (χ0v) is 32.6. The van der Waals surface area contributed by atoms with E-state index in [-0.39, 0.29) is 32.6 Å². The van der Waals surface area contributed by atoms with Gasteiger partial charge in [0.2, 0.25) is 5.95 Å². The molecule has 6 rings (SSSR count). The minimum atomic E-state index is -0.422. The molecule has 0 aliphatic carbocycles. The third-order valence-electron chi connectivity index (χ3n) is 10.9. The summed E-state index contributed by atoms with van der Waals surface area (Å²) in [6, 6.07) is 6.00. The molecule has 3 fully saturated rings. The van der Waals surface area contributed by atoms with Crippen molar-refractivity contribution in [3.8, 4) is 28.7 Å². The first-order valence-corrected chi connectivity index (χ1v) is 18.9. The molecule has 0 radical (unpaired) electrons. The van der Waals surface area contributed by atoms with Gasteiger partial charge in [0.1, 0.15) is 28.8 Å². The Hall–Kier alpha value is -3.93. The van der Waals surface area contributed by atoms with Crippen molar-refractivity contribution in [1.82, 2.24) is 29.2 Å². The Morgan fingerprint density at radius 3 is 2.30 bits per heavy atom. The fourth-order valence-corrected chi connectivity index (χ4v) is 8.31. The van der Waals surface area contributed by atoms with Crippen LogP contribution in [0.5, 0.6) is 11.5 Å².